The summed E-state index contributed by atoms with van der Waals surface area (Å²) in [5.41, 5.74) is 0. The van der Waals surface area contributed by atoms with E-state index in [1.807, 2.05) is 24.3 Å². The number of methoxy groups -OCH3 is 2. The average molecular weight is 170 g/mol. The molecule has 1 N–H and O–H groups in total. The van der Waals surface area contributed by atoms with Crippen LogP contribution in [0.25, 0.3) is 0 Å². The number of aliphatic hydroxyl groups is 1. The molecule has 12 heavy (non-hydrogen) atoms. The van der Waals surface area contributed by atoms with E-state index >= 15 is 0 Å². The summed E-state index contributed by atoms with van der Waals surface area (Å²) in [5, 5.41) is 7.00. The molecule has 0 saturated carbocycles. The van der Waals surface area contributed by atoms with E-state index < -0.39 is 0 Å². The molecule has 0 amide bonds. The fourth-order valence-electron chi connectivity index (χ4n) is 0.728. The second kappa shape index (κ2) is 6.49. The third-order valence-electron chi connectivity index (χ3n) is 1.28. The Labute approximate surface area is 72.6 Å². The Kier molecular flexibility index (Phi) is 5.83. The van der Waals surface area contributed by atoms with Gasteiger partial charge in [0.2, 0.25) is 0 Å². The van der Waals surface area contributed by atoms with Crippen molar-refractivity contribution in [3.05, 3.63) is 24.3 Å². The van der Waals surface area contributed by atoms with Crippen molar-refractivity contribution in [1.29, 1.82) is 0 Å². The van der Waals surface area contributed by atoms with Crippen molar-refractivity contribution in [2.24, 2.45) is 0 Å². The molecule has 0 saturated heterocycles. The Morgan fingerprint density at radius 2 is 1.42 bits per heavy atom. The van der Waals surface area contributed by atoms with Gasteiger partial charge in [-0.2, -0.15) is 0 Å². The second-order valence-corrected chi connectivity index (χ2v) is 1.88. The summed E-state index contributed by atoms with van der Waals surface area (Å²) in [4.78, 5) is 0. The summed E-state index contributed by atoms with van der Waals surface area (Å²) in [6.07, 6.45) is 0. The van der Waals surface area contributed by atoms with E-state index in [0.717, 1.165) is 18.6 Å². The summed E-state index contributed by atoms with van der Waals surface area (Å²) in [5.74, 6) is 1.64. The van der Waals surface area contributed by atoms with Gasteiger partial charge in [0.15, 0.2) is 0 Å². The Morgan fingerprint density at radius 3 is 1.75 bits per heavy atom. The highest BCUT2D eigenvalue weighted by molar-refractivity contribution is 5.32. The van der Waals surface area contributed by atoms with Gasteiger partial charge in [0.05, 0.1) is 14.2 Å². The first kappa shape index (κ1) is 10.8. The zero-order valence-electron chi connectivity index (χ0n) is 7.57. The van der Waals surface area contributed by atoms with Crippen LogP contribution in [0.4, 0.5) is 0 Å². The molecule has 0 radical (unpaired) electrons. The topological polar surface area (TPSA) is 38.7 Å². The molecule has 0 heterocycles. The number of hydrogen-bond donors (Lipinski definition) is 1. The van der Waals surface area contributed by atoms with Gasteiger partial charge in [-0.25, -0.2) is 0 Å². The fourth-order valence-corrected chi connectivity index (χ4v) is 0.728. The maximum Gasteiger partial charge on any atom is 0.122 e. The van der Waals surface area contributed by atoms with Gasteiger partial charge in [0.1, 0.15) is 11.5 Å². The van der Waals surface area contributed by atoms with Crippen molar-refractivity contribution in [2.75, 3.05) is 21.3 Å². The summed E-state index contributed by atoms with van der Waals surface area (Å²) in [7, 11) is 4.27. The summed E-state index contributed by atoms with van der Waals surface area (Å²) in [6, 6.07) is 7.47. The van der Waals surface area contributed by atoms with Gasteiger partial charge in [-0.3, -0.25) is 0 Å². The van der Waals surface area contributed by atoms with E-state index in [0.29, 0.717) is 0 Å². The standard InChI is InChI=1S/C8H10O2.CH4O/c1-9-7-4-3-5-8(6-7)10-2;1-2/h3-6H,1-2H3;2H,1H3. The lowest BCUT2D eigenvalue weighted by Gasteiger charge is -2.01. The van der Waals surface area contributed by atoms with E-state index in [-0.39, 0.29) is 0 Å². The molecule has 3 heteroatoms. The first-order chi connectivity index (χ1) is 5.86. The first-order valence-electron chi connectivity index (χ1n) is 3.49. The molecule has 0 spiro atoms. The van der Waals surface area contributed by atoms with Crippen molar-refractivity contribution in [3.63, 3.8) is 0 Å². The molecule has 1 aromatic carbocycles. The smallest absolute Gasteiger partial charge is 0.122 e. The molecule has 68 valence electrons. The van der Waals surface area contributed by atoms with Crippen LogP contribution in [0.2, 0.25) is 0 Å². The van der Waals surface area contributed by atoms with Crippen molar-refractivity contribution in [1.82, 2.24) is 0 Å². The van der Waals surface area contributed by atoms with Gasteiger partial charge in [-0.1, -0.05) is 6.07 Å². The maximum atomic E-state index is 7.00. The van der Waals surface area contributed by atoms with Crippen LogP contribution < -0.4 is 9.47 Å². The van der Waals surface area contributed by atoms with Crippen LogP contribution in [0.5, 0.6) is 11.5 Å². The number of aliphatic hydroxyl groups excluding tert-OH is 1. The molecule has 1 rings (SSSR count). The molecule has 0 aliphatic carbocycles. The quantitative estimate of drug-likeness (QED) is 0.727. The molecule has 3 nitrogen and oxygen atoms in total. The van der Waals surface area contributed by atoms with Gasteiger partial charge in [0, 0.05) is 13.2 Å². The van der Waals surface area contributed by atoms with E-state index in [1.165, 1.54) is 0 Å². The number of benzene rings is 1. The van der Waals surface area contributed by atoms with Crippen molar-refractivity contribution >= 4 is 0 Å². The van der Waals surface area contributed by atoms with Gasteiger partial charge < -0.3 is 14.6 Å². The average Bonchev–Trinajstić information content (AvgIpc) is 2.21. The second-order valence-electron chi connectivity index (χ2n) is 1.88. The minimum Gasteiger partial charge on any atom is -0.497 e. The molecule has 0 bridgehead atoms. The van der Waals surface area contributed by atoms with E-state index in [2.05, 4.69) is 0 Å². The lowest BCUT2D eigenvalue weighted by atomic mass is 10.3. The van der Waals surface area contributed by atoms with E-state index in [4.69, 9.17) is 14.6 Å². The summed E-state index contributed by atoms with van der Waals surface area (Å²) in [6.45, 7) is 0. The van der Waals surface area contributed by atoms with E-state index in [9.17, 15) is 0 Å². The minimum absolute atomic E-state index is 0.819. The lowest BCUT2D eigenvalue weighted by molar-refractivity contribution is 0.394. The molecular weight excluding hydrogens is 156 g/mol. The van der Waals surface area contributed by atoms with Crippen LogP contribution in [0.3, 0.4) is 0 Å². The Hall–Kier alpha value is -1.22. The van der Waals surface area contributed by atoms with Crippen LogP contribution >= 0.6 is 0 Å². The summed E-state index contributed by atoms with van der Waals surface area (Å²) < 4.78 is 9.95. The number of ether oxygens (including phenoxy) is 2. The molecule has 1 aromatic rings. The van der Waals surface area contributed by atoms with Gasteiger partial charge in [0.25, 0.3) is 0 Å². The highest BCUT2D eigenvalue weighted by Crippen LogP contribution is 2.17. The SMILES string of the molecule is CO.COc1cccc(OC)c1. The van der Waals surface area contributed by atoms with Crippen LogP contribution in [0, 0.1) is 0 Å². The number of hydrogen-bond acceptors (Lipinski definition) is 3. The molecule has 0 aliphatic heterocycles. The van der Waals surface area contributed by atoms with Crippen LogP contribution in [-0.4, -0.2) is 26.4 Å². The minimum atomic E-state index is 0.819. The Bertz CT molecular complexity index is 191. The normalized spacial score (nSPS) is 8.00. The molecule has 0 unspecified atom stereocenters. The van der Waals surface area contributed by atoms with Crippen molar-refractivity contribution < 1.29 is 14.6 Å². The van der Waals surface area contributed by atoms with Crippen LogP contribution in [0.1, 0.15) is 0 Å². The lowest BCUT2D eigenvalue weighted by Crippen LogP contribution is -1.84. The molecule has 0 aliphatic rings. The van der Waals surface area contributed by atoms with Crippen molar-refractivity contribution in [2.45, 2.75) is 0 Å². The van der Waals surface area contributed by atoms with Crippen molar-refractivity contribution in [3.8, 4) is 11.5 Å². The van der Waals surface area contributed by atoms with Crippen LogP contribution in [-0.2, 0) is 0 Å². The van der Waals surface area contributed by atoms with Gasteiger partial charge in [-0.15, -0.1) is 0 Å². The number of rotatable bonds is 2. The van der Waals surface area contributed by atoms with E-state index in [1.54, 1.807) is 14.2 Å². The maximum absolute atomic E-state index is 7.00. The largest absolute Gasteiger partial charge is 0.497 e. The zero-order chi connectivity index (χ0) is 9.40. The predicted molar refractivity (Wildman–Crippen MR) is 47.7 cm³/mol. The zero-order valence-corrected chi connectivity index (χ0v) is 7.57. The molecule has 0 aromatic heterocycles. The third-order valence-corrected chi connectivity index (χ3v) is 1.28. The predicted octanol–water partition coefficient (Wildman–Crippen LogP) is 1.31. The molecule has 0 fully saturated rings. The molecular formula is C9H14O3. The Morgan fingerprint density at radius 1 is 1.00 bits per heavy atom. The third kappa shape index (κ3) is 3.25. The monoisotopic (exact) mass is 170 g/mol. The molecule has 0 atom stereocenters. The Balaban J connectivity index is 0.000000561. The highest BCUT2D eigenvalue weighted by atomic mass is 16.5. The fraction of sp³-hybridized carbons (Fsp3) is 0.333. The van der Waals surface area contributed by atoms with Gasteiger partial charge >= 0.3 is 0 Å². The summed E-state index contributed by atoms with van der Waals surface area (Å²) >= 11 is 0. The van der Waals surface area contributed by atoms with Crippen LogP contribution in [0.15, 0.2) is 24.3 Å². The van der Waals surface area contributed by atoms with Gasteiger partial charge in [-0.05, 0) is 12.1 Å². The first-order valence-corrected chi connectivity index (χ1v) is 3.49. The highest BCUT2D eigenvalue weighted by Gasteiger charge is 1.91.